The van der Waals surface area contributed by atoms with E-state index in [-0.39, 0.29) is 30.0 Å². The zero-order valence-electron chi connectivity index (χ0n) is 24.8. The Kier molecular flexibility index (Phi) is 8.72. The van der Waals surface area contributed by atoms with Gasteiger partial charge < -0.3 is 14.7 Å². The lowest BCUT2D eigenvalue weighted by atomic mass is 9.86. The highest BCUT2D eigenvalue weighted by atomic mass is 16.5. The van der Waals surface area contributed by atoms with Crippen LogP contribution in [0.2, 0.25) is 0 Å². The van der Waals surface area contributed by atoms with Crippen LogP contribution in [0, 0.1) is 5.92 Å². The summed E-state index contributed by atoms with van der Waals surface area (Å²) in [6, 6.07) is 22.4. The molecule has 5 nitrogen and oxygen atoms in total. The quantitative estimate of drug-likeness (QED) is 0.310. The predicted molar refractivity (Wildman–Crippen MR) is 160 cm³/mol. The van der Waals surface area contributed by atoms with Crippen molar-refractivity contribution in [2.75, 3.05) is 6.54 Å². The lowest BCUT2D eigenvalue weighted by Gasteiger charge is -2.36. The van der Waals surface area contributed by atoms with E-state index >= 15 is 0 Å². The number of carboxylic acid groups (broad SMARTS) is 1. The highest BCUT2D eigenvalue weighted by molar-refractivity contribution is 5.96. The van der Waals surface area contributed by atoms with Crippen molar-refractivity contribution in [2.45, 2.75) is 84.8 Å². The molecule has 3 aromatic rings. The van der Waals surface area contributed by atoms with Crippen LogP contribution in [0.4, 0.5) is 0 Å². The fraction of sp³-hybridized carbons (Fsp3) is 0.429. The molecule has 0 bridgehead atoms. The minimum atomic E-state index is -1.03. The van der Waals surface area contributed by atoms with Gasteiger partial charge in [-0.15, -0.1) is 0 Å². The second-order valence-corrected chi connectivity index (χ2v) is 13.0. The molecular weight excluding hydrogens is 498 g/mol. The summed E-state index contributed by atoms with van der Waals surface area (Å²) in [4.78, 5) is 26.5. The maximum atomic E-state index is 13.5. The zero-order chi connectivity index (χ0) is 29.1. The lowest BCUT2D eigenvalue weighted by Crippen LogP contribution is -2.39. The Morgan fingerprint density at radius 1 is 0.950 bits per heavy atom. The Morgan fingerprint density at radius 2 is 1.57 bits per heavy atom. The molecule has 4 rings (SSSR count). The van der Waals surface area contributed by atoms with E-state index in [9.17, 15) is 14.7 Å². The van der Waals surface area contributed by atoms with Gasteiger partial charge in [-0.2, -0.15) is 0 Å². The van der Waals surface area contributed by atoms with Gasteiger partial charge in [-0.3, -0.25) is 9.59 Å². The summed E-state index contributed by atoms with van der Waals surface area (Å²) in [6.45, 7) is 12.9. The van der Waals surface area contributed by atoms with Gasteiger partial charge in [0.1, 0.15) is 17.9 Å². The molecular formula is C35H43NO4. The minimum Gasteiger partial charge on any atom is -0.487 e. The van der Waals surface area contributed by atoms with E-state index < -0.39 is 5.97 Å². The van der Waals surface area contributed by atoms with Crippen LogP contribution in [0.5, 0.6) is 5.75 Å². The summed E-state index contributed by atoms with van der Waals surface area (Å²) in [7, 11) is 0. The molecule has 1 amide bonds. The normalized spacial score (nSPS) is 16.8. The summed E-state index contributed by atoms with van der Waals surface area (Å²) in [5.41, 5.74) is 5.87. The number of carboxylic acids is 1. The average Bonchev–Trinajstić information content (AvgIpc) is 2.88. The van der Waals surface area contributed by atoms with Crippen molar-refractivity contribution in [3.63, 3.8) is 0 Å². The van der Waals surface area contributed by atoms with E-state index in [0.717, 1.165) is 42.6 Å². The van der Waals surface area contributed by atoms with Gasteiger partial charge >= 0.3 is 5.97 Å². The third-order valence-electron chi connectivity index (χ3n) is 7.64. The number of rotatable bonds is 9. The number of fused-ring (bicyclic) bond motifs is 1. The third kappa shape index (κ3) is 7.53. The molecule has 0 radical (unpaired) electrons. The second-order valence-electron chi connectivity index (χ2n) is 13.0. The molecule has 1 aliphatic rings. The fourth-order valence-electron chi connectivity index (χ4n) is 5.42. The first kappa shape index (κ1) is 29.4. The first-order valence-electron chi connectivity index (χ1n) is 14.3. The van der Waals surface area contributed by atoms with Crippen molar-refractivity contribution in [2.24, 2.45) is 5.92 Å². The van der Waals surface area contributed by atoms with Crippen molar-refractivity contribution >= 4 is 11.9 Å². The van der Waals surface area contributed by atoms with Crippen LogP contribution in [-0.4, -0.2) is 34.0 Å². The van der Waals surface area contributed by atoms with Crippen LogP contribution < -0.4 is 4.74 Å². The molecule has 0 saturated carbocycles. The summed E-state index contributed by atoms with van der Waals surface area (Å²) in [5.74, 6) is 0.104. The second kappa shape index (κ2) is 11.9. The van der Waals surface area contributed by atoms with Crippen molar-refractivity contribution in [3.05, 3.63) is 100 Å². The Labute approximate surface area is 239 Å². The molecule has 0 spiro atoms. The number of benzene rings is 3. The van der Waals surface area contributed by atoms with Crippen molar-refractivity contribution < 1.29 is 19.4 Å². The molecule has 0 aliphatic carbocycles. The highest BCUT2D eigenvalue weighted by Crippen LogP contribution is 2.36. The van der Waals surface area contributed by atoms with E-state index in [4.69, 9.17) is 4.74 Å². The molecule has 5 heteroatoms. The van der Waals surface area contributed by atoms with Gasteiger partial charge in [-0.25, -0.2) is 0 Å². The standard InChI is InChI=1S/C35H43NO4/c1-24(2)19-25-7-9-26(10-8-25)21-35(6)18-17-28-20-29(13-16-31(28)40-35)33(39)36(23-32(37)38)22-27-11-14-30(15-12-27)34(3,4)5/h7-16,20,24H,17-19,21-23H2,1-6H3,(H,37,38)/t35-/m0/s1. The Balaban J connectivity index is 1.46. The zero-order valence-corrected chi connectivity index (χ0v) is 24.8. The highest BCUT2D eigenvalue weighted by Gasteiger charge is 2.32. The van der Waals surface area contributed by atoms with E-state index in [2.05, 4.69) is 65.8 Å². The lowest BCUT2D eigenvalue weighted by molar-refractivity contribution is -0.137. The number of aliphatic carboxylic acids is 1. The molecule has 1 N–H and O–H groups in total. The number of amides is 1. The van der Waals surface area contributed by atoms with Crippen molar-refractivity contribution in [3.8, 4) is 5.75 Å². The largest absolute Gasteiger partial charge is 0.487 e. The number of ether oxygens (including phenoxy) is 1. The van der Waals surface area contributed by atoms with Crippen LogP contribution in [-0.2, 0) is 36.0 Å². The molecule has 0 aromatic heterocycles. The fourth-order valence-corrected chi connectivity index (χ4v) is 5.42. The van der Waals surface area contributed by atoms with Gasteiger partial charge in [0.2, 0.25) is 0 Å². The number of hydrogen-bond donors (Lipinski definition) is 1. The van der Waals surface area contributed by atoms with Gasteiger partial charge in [0.25, 0.3) is 5.91 Å². The molecule has 212 valence electrons. The monoisotopic (exact) mass is 541 g/mol. The summed E-state index contributed by atoms with van der Waals surface area (Å²) < 4.78 is 6.49. The molecule has 1 heterocycles. The number of aryl methyl sites for hydroxylation is 1. The first-order chi connectivity index (χ1) is 18.8. The van der Waals surface area contributed by atoms with Crippen LogP contribution in [0.25, 0.3) is 0 Å². The van der Waals surface area contributed by atoms with Crippen LogP contribution >= 0.6 is 0 Å². The van der Waals surface area contributed by atoms with Crippen LogP contribution in [0.15, 0.2) is 66.7 Å². The minimum absolute atomic E-state index is 0.0223. The maximum absolute atomic E-state index is 13.5. The van der Waals surface area contributed by atoms with Gasteiger partial charge in [0.15, 0.2) is 0 Å². The number of carbonyl (C=O) groups excluding carboxylic acids is 1. The Bertz CT molecular complexity index is 1340. The van der Waals surface area contributed by atoms with Crippen molar-refractivity contribution in [1.82, 2.24) is 4.90 Å². The first-order valence-corrected chi connectivity index (χ1v) is 14.3. The molecule has 0 saturated heterocycles. The SMILES string of the molecule is CC(C)Cc1ccc(C[C@]2(C)CCc3cc(C(=O)N(CC(=O)O)Cc4ccc(C(C)(C)C)cc4)ccc3O2)cc1. The molecule has 1 aliphatic heterocycles. The topological polar surface area (TPSA) is 66.8 Å². The van der Waals surface area contributed by atoms with E-state index in [1.807, 2.05) is 36.4 Å². The average molecular weight is 542 g/mol. The molecule has 1 atom stereocenters. The Morgan fingerprint density at radius 3 is 2.17 bits per heavy atom. The van der Waals surface area contributed by atoms with E-state index in [0.29, 0.717) is 11.5 Å². The van der Waals surface area contributed by atoms with Gasteiger partial charge in [-0.05, 0) is 83.5 Å². The number of hydrogen-bond acceptors (Lipinski definition) is 3. The predicted octanol–water partition coefficient (Wildman–Crippen LogP) is 7.24. The molecule has 40 heavy (non-hydrogen) atoms. The van der Waals surface area contributed by atoms with Gasteiger partial charge in [0.05, 0.1) is 0 Å². The summed E-state index contributed by atoms with van der Waals surface area (Å²) >= 11 is 0. The molecule has 0 unspecified atom stereocenters. The van der Waals surface area contributed by atoms with Crippen LogP contribution in [0.3, 0.4) is 0 Å². The smallest absolute Gasteiger partial charge is 0.323 e. The van der Waals surface area contributed by atoms with Gasteiger partial charge in [-0.1, -0.05) is 83.1 Å². The van der Waals surface area contributed by atoms with E-state index in [1.54, 1.807) is 6.07 Å². The van der Waals surface area contributed by atoms with Crippen molar-refractivity contribution in [1.29, 1.82) is 0 Å². The summed E-state index contributed by atoms with van der Waals surface area (Å²) in [5, 5.41) is 9.52. The molecule has 0 fully saturated rings. The molecule has 3 aromatic carbocycles. The Hall–Kier alpha value is -3.60. The van der Waals surface area contributed by atoms with E-state index in [1.165, 1.54) is 21.6 Å². The number of carbonyl (C=O) groups is 2. The van der Waals surface area contributed by atoms with Crippen LogP contribution in [0.1, 0.15) is 86.1 Å². The number of nitrogens with zero attached hydrogens (tertiary/aromatic N) is 1. The summed E-state index contributed by atoms with van der Waals surface area (Å²) in [6.07, 6.45) is 3.53. The maximum Gasteiger partial charge on any atom is 0.323 e. The van der Waals surface area contributed by atoms with Gasteiger partial charge in [0, 0.05) is 18.5 Å². The third-order valence-corrected chi connectivity index (χ3v) is 7.64.